The first kappa shape index (κ1) is 17.1. The van der Waals surface area contributed by atoms with E-state index in [-0.39, 0.29) is 12.1 Å². The molecule has 0 bridgehead atoms. The lowest BCUT2D eigenvalue weighted by atomic mass is 10.0. The van der Waals surface area contributed by atoms with E-state index in [0.29, 0.717) is 23.9 Å². The molecule has 1 aliphatic rings. The molecular formula is C19H21N7O. The van der Waals surface area contributed by atoms with Crippen LogP contribution in [0.25, 0.3) is 11.5 Å². The highest BCUT2D eigenvalue weighted by Crippen LogP contribution is 2.30. The predicted octanol–water partition coefficient (Wildman–Crippen LogP) is 3.33. The van der Waals surface area contributed by atoms with Crippen molar-refractivity contribution in [3.8, 4) is 11.5 Å². The molecule has 1 fully saturated rings. The van der Waals surface area contributed by atoms with E-state index < -0.39 is 0 Å². The van der Waals surface area contributed by atoms with Crippen molar-refractivity contribution < 1.29 is 4.79 Å². The van der Waals surface area contributed by atoms with Gasteiger partial charge < -0.3 is 10.2 Å². The van der Waals surface area contributed by atoms with E-state index in [2.05, 4.69) is 30.5 Å². The van der Waals surface area contributed by atoms with Gasteiger partial charge in [0.05, 0.1) is 12.2 Å². The molecule has 27 heavy (non-hydrogen) atoms. The normalized spacial score (nSPS) is 16.9. The first-order valence-corrected chi connectivity index (χ1v) is 9.04. The maximum atomic E-state index is 12.9. The molecule has 1 aromatic carbocycles. The average Bonchev–Trinajstić information content (AvgIpc) is 3.19. The van der Waals surface area contributed by atoms with Gasteiger partial charge in [0.1, 0.15) is 11.5 Å². The summed E-state index contributed by atoms with van der Waals surface area (Å²) in [7, 11) is 0. The van der Waals surface area contributed by atoms with Gasteiger partial charge in [0.2, 0.25) is 5.82 Å². The van der Waals surface area contributed by atoms with Crippen LogP contribution < -0.4 is 5.32 Å². The minimum absolute atomic E-state index is 0.122. The molecule has 138 valence electrons. The Bertz CT molecular complexity index is 925. The number of aromatic amines is 1. The number of likely N-dealkylation sites (tertiary alicyclic amines) is 1. The summed E-state index contributed by atoms with van der Waals surface area (Å²) in [5.41, 5.74) is 2.50. The van der Waals surface area contributed by atoms with Crippen LogP contribution in [0.15, 0.2) is 42.9 Å². The Hall–Kier alpha value is -3.29. The van der Waals surface area contributed by atoms with Gasteiger partial charge in [-0.05, 0) is 43.9 Å². The second kappa shape index (κ2) is 7.53. The number of amides is 2. The molecule has 8 heteroatoms. The number of hydrogen-bond acceptors (Lipinski definition) is 5. The molecule has 0 spiro atoms. The summed E-state index contributed by atoms with van der Waals surface area (Å²) < 4.78 is 0. The maximum absolute atomic E-state index is 12.9. The van der Waals surface area contributed by atoms with Crippen LogP contribution in [0, 0.1) is 6.92 Å². The van der Waals surface area contributed by atoms with Gasteiger partial charge in [0.15, 0.2) is 0 Å². The Morgan fingerprint density at radius 1 is 1.30 bits per heavy atom. The highest BCUT2D eigenvalue weighted by atomic mass is 16.2. The number of nitrogens with one attached hydrogen (secondary N) is 2. The lowest BCUT2D eigenvalue weighted by molar-refractivity contribution is 0.159. The number of benzene rings is 1. The Labute approximate surface area is 157 Å². The molecule has 4 rings (SSSR count). The monoisotopic (exact) mass is 363 g/mol. The van der Waals surface area contributed by atoms with Crippen molar-refractivity contribution in [1.82, 2.24) is 30.0 Å². The van der Waals surface area contributed by atoms with Crippen molar-refractivity contribution in [1.29, 1.82) is 0 Å². The Morgan fingerprint density at radius 2 is 2.22 bits per heavy atom. The van der Waals surface area contributed by atoms with Crippen LogP contribution in [-0.2, 0) is 0 Å². The molecule has 2 N–H and O–H groups in total. The largest absolute Gasteiger partial charge is 0.322 e. The molecule has 0 radical (unpaired) electrons. The summed E-state index contributed by atoms with van der Waals surface area (Å²) in [4.78, 5) is 27.5. The van der Waals surface area contributed by atoms with Crippen LogP contribution in [-0.4, -0.2) is 42.6 Å². The van der Waals surface area contributed by atoms with Gasteiger partial charge in [-0.1, -0.05) is 12.1 Å². The molecule has 8 nitrogen and oxygen atoms in total. The zero-order valence-corrected chi connectivity index (χ0v) is 15.1. The number of aromatic nitrogens is 5. The predicted molar refractivity (Wildman–Crippen MR) is 101 cm³/mol. The summed E-state index contributed by atoms with van der Waals surface area (Å²) in [6.07, 6.45) is 7.69. The van der Waals surface area contributed by atoms with Crippen LogP contribution in [0.2, 0.25) is 0 Å². The molecule has 2 amide bonds. The number of nitrogens with zero attached hydrogens (tertiary/aromatic N) is 5. The number of carbonyl (C=O) groups excluding carboxylic acids is 1. The number of urea groups is 1. The third kappa shape index (κ3) is 3.79. The summed E-state index contributed by atoms with van der Waals surface area (Å²) in [6, 6.07) is 7.52. The van der Waals surface area contributed by atoms with Crippen LogP contribution >= 0.6 is 0 Å². The van der Waals surface area contributed by atoms with Gasteiger partial charge in [-0.3, -0.25) is 10.1 Å². The van der Waals surface area contributed by atoms with Crippen molar-refractivity contribution in [3.63, 3.8) is 0 Å². The molecule has 0 saturated carbocycles. The minimum Gasteiger partial charge on any atom is -0.314 e. The van der Waals surface area contributed by atoms with E-state index in [4.69, 9.17) is 0 Å². The fourth-order valence-corrected chi connectivity index (χ4v) is 3.33. The summed E-state index contributed by atoms with van der Waals surface area (Å²) in [5, 5.41) is 10.2. The smallest absolute Gasteiger partial charge is 0.314 e. The number of H-pyrrole nitrogens is 1. The van der Waals surface area contributed by atoms with Crippen molar-refractivity contribution in [2.45, 2.75) is 32.2 Å². The standard InChI is InChI=1S/C19H21N7O/c1-13-5-4-6-14(11-13)22-19(27)26-10-3-2-7-16(26)18-23-17(24-25-18)15-12-20-8-9-21-15/h4-6,8-9,11-12,16H,2-3,7,10H2,1H3,(H,22,27)(H,23,24,25). The van der Waals surface area contributed by atoms with E-state index >= 15 is 0 Å². The van der Waals surface area contributed by atoms with E-state index in [1.54, 1.807) is 18.6 Å². The number of carbonyl (C=O) groups is 1. The summed E-state index contributed by atoms with van der Waals surface area (Å²) in [6.45, 7) is 2.69. The second-order valence-electron chi connectivity index (χ2n) is 6.64. The fraction of sp³-hybridized carbons (Fsp3) is 0.316. The van der Waals surface area contributed by atoms with Crippen LogP contribution in [0.1, 0.15) is 36.7 Å². The van der Waals surface area contributed by atoms with E-state index in [0.717, 1.165) is 30.5 Å². The average molecular weight is 363 g/mol. The first-order valence-electron chi connectivity index (χ1n) is 9.04. The quantitative estimate of drug-likeness (QED) is 0.743. The lowest BCUT2D eigenvalue weighted by Crippen LogP contribution is -2.41. The molecule has 2 aromatic heterocycles. The molecule has 3 aromatic rings. The van der Waals surface area contributed by atoms with Gasteiger partial charge in [-0.15, -0.1) is 0 Å². The number of aryl methyl sites for hydroxylation is 1. The number of piperidine rings is 1. The molecular weight excluding hydrogens is 342 g/mol. The van der Waals surface area contributed by atoms with E-state index in [1.165, 1.54) is 0 Å². The SMILES string of the molecule is Cc1cccc(NC(=O)N2CCCCC2c2nc(-c3cnccn3)n[nH]2)c1. The number of rotatable bonds is 3. The first-order chi connectivity index (χ1) is 13.2. The third-order valence-electron chi connectivity index (χ3n) is 4.64. The van der Waals surface area contributed by atoms with Gasteiger partial charge in [0, 0.05) is 24.6 Å². The highest BCUT2D eigenvalue weighted by Gasteiger charge is 2.30. The molecule has 1 aliphatic heterocycles. The highest BCUT2D eigenvalue weighted by molar-refractivity contribution is 5.89. The molecule has 3 heterocycles. The topological polar surface area (TPSA) is 99.7 Å². The zero-order chi connectivity index (χ0) is 18.6. The second-order valence-corrected chi connectivity index (χ2v) is 6.64. The summed E-state index contributed by atoms with van der Waals surface area (Å²) in [5.74, 6) is 1.16. The summed E-state index contributed by atoms with van der Waals surface area (Å²) >= 11 is 0. The van der Waals surface area contributed by atoms with E-state index in [1.807, 2.05) is 36.1 Å². The lowest BCUT2D eigenvalue weighted by Gasteiger charge is -2.34. The van der Waals surface area contributed by atoms with Gasteiger partial charge >= 0.3 is 6.03 Å². The Morgan fingerprint density at radius 3 is 3.04 bits per heavy atom. The van der Waals surface area contributed by atoms with Gasteiger partial charge in [-0.25, -0.2) is 14.8 Å². The maximum Gasteiger partial charge on any atom is 0.322 e. The molecule has 1 saturated heterocycles. The van der Waals surface area contributed by atoms with Crippen molar-refractivity contribution in [2.75, 3.05) is 11.9 Å². The molecule has 0 aliphatic carbocycles. The van der Waals surface area contributed by atoms with Gasteiger partial charge in [0.25, 0.3) is 0 Å². The van der Waals surface area contributed by atoms with Crippen molar-refractivity contribution in [3.05, 3.63) is 54.2 Å². The Balaban J connectivity index is 1.54. The number of anilines is 1. The van der Waals surface area contributed by atoms with Crippen LogP contribution in [0.4, 0.5) is 10.5 Å². The van der Waals surface area contributed by atoms with Crippen LogP contribution in [0.3, 0.4) is 0 Å². The van der Waals surface area contributed by atoms with E-state index in [9.17, 15) is 4.79 Å². The van der Waals surface area contributed by atoms with Crippen molar-refractivity contribution >= 4 is 11.7 Å². The number of hydrogen-bond donors (Lipinski definition) is 2. The van der Waals surface area contributed by atoms with Gasteiger partial charge in [-0.2, -0.15) is 5.10 Å². The zero-order valence-electron chi connectivity index (χ0n) is 15.1. The van der Waals surface area contributed by atoms with Crippen molar-refractivity contribution in [2.24, 2.45) is 0 Å². The fourth-order valence-electron chi connectivity index (χ4n) is 3.33. The van der Waals surface area contributed by atoms with Crippen LogP contribution in [0.5, 0.6) is 0 Å². The molecule has 1 atom stereocenters. The Kier molecular flexibility index (Phi) is 4.78. The third-order valence-corrected chi connectivity index (χ3v) is 4.64. The molecule has 1 unspecified atom stereocenters. The minimum atomic E-state index is -0.138.